The molecule has 0 N–H and O–H groups in total. The maximum absolute atomic E-state index is 13.0. The molecule has 0 bridgehead atoms. The molecule has 0 amide bonds. The van der Waals surface area contributed by atoms with Crippen LogP contribution in [-0.2, 0) is 28.6 Å². The standard InChI is InChI=1S/C24H30O6/c1-21-7-4-14(25)10-13(21)11-15(20(27)28-3)19-16-5-8-23(9-6-18(26)30-23)22(16,2)12-17-24(19,21)29-17/h10,15-17,19H,4-9,11-12H2,1-3H3/t15?,16-,17?,19-,21-,22-,23+,24+/m0/s1. The predicted octanol–water partition coefficient (Wildman–Crippen LogP) is 3.12. The average Bonchev–Trinajstić information content (AvgIpc) is 3.20. The lowest BCUT2D eigenvalue weighted by Gasteiger charge is -2.58. The Balaban J connectivity index is 1.49. The van der Waals surface area contributed by atoms with E-state index in [1.807, 2.05) is 0 Å². The Labute approximate surface area is 176 Å². The van der Waals surface area contributed by atoms with Gasteiger partial charge in [0.25, 0.3) is 0 Å². The molecule has 0 aromatic heterocycles. The summed E-state index contributed by atoms with van der Waals surface area (Å²) in [7, 11) is 1.45. The minimum absolute atomic E-state index is 0.0303. The van der Waals surface area contributed by atoms with E-state index in [4.69, 9.17) is 14.2 Å². The second-order valence-electron chi connectivity index (χ2n) is 11.0. The molecule has 30 heavy (non-hydrogen) atoms. The summed E-state index contributed by atoms with van der Waals surface area (Å²) < 4.78 is 17.9. The van der Waals surface area contributed by atoms with Gasteiger partial charge in [0.2, 0.25) is 0 Å². The van der Waals surface area contributed by atoms with E-state index < -0.39 is 11.2 Å². The van der Waals surface area contributed by atoms with Crippen molar-refractivity contribution in [3.8, 4) is 0 Å². The van der Waals surface area contributed by atoms with Crippen LogP contribution in [0, 0.1) is 28.6 Å². The molecule has 2 unspecified atom stereocenters. The molecule has 162 valence electrons. The van der Waals surface area contributed by atoms with Gasteiger partial charge in [-0.05, 0) is 50.5 Å². The Morgan fingerprint density at radius 3 is 2.67 bits per heavy atom. The first-order chi connectivity index (χ1) is 14.2. The highest BCUT2D eigenvalue weighted by atomic mass is 16.6. The van der Waals surface area contributed by atoms with Gasteiger partial charge in [0, 0.05) is 29.6 Å². The Morgan fingerprint density at radius 2 is 1.97 bits per heavy atom. The van der Waals surface area contributed by atoms with E-state index in [1.54, 1.807) is 6.08 Å². The van der Waals surface area contributed by atoms with Crippen LogP contribution in [0.4, 0.5) is 0 Å². The van der Waals surface area contributed by atoms with E-state index in [0.29, 0.717) is 19.3 Å². The van der Waals surface area contributed by atoms with Crippen LogP contribution >= 0.6 is 0 Å². The van der Waals surface area contributed by atoms with E-state index >= 15 is 0 Å². The van der Waals surface area contributed by atoms with Gasteiger partial charge in [0.05, 0.1) is 19.1 Å². The van der Waals surface area contributed by atoms with Crippen molar-refractivity contribution in [2.24, 2.45) is 28.6 Å². The molecule has 5 fully saturated rings. The quantitative estimate of drug-likeness (QED) is 0.484. The number of esters is 2. The van der Waals surface area contributed by atoms with E-state index in [2.05, 4.69) is 13.8 Å². The lowest BCUT2D eigenvalue weighted by Crippen LogP contribution is -2.63. The summed E-state index contributed by atoms with van der Waals surface area (Å²) >= 11 is 0. The lowest BCUT2D eigenvalue weighted by molar-refractivity contribution is -0.172. The van der Waals surface area contributed by atoms with Crippen LogP contribution in [0.3, 0.4) is 0 Å². The van der Waals surface area contributed by atoms with Gasteiger partial charge >= 0.3 is 11.9 Å². The average molecular weight is 414 g/mol. The molecule has 4 aliphatic carbocycles. The number of carbonyl (C=O) groups is 3. The van der Waals surface area contributed by atoms with Crippen LogP contribution in [0.2, 0.25) is 0 Å². The summed E-state index contributed by atoms with van der Waals surface area (Å²) in [5.41, 5.74) is -0.175. The second-order valence-corrected chi connectivity index (χ2v) is 11.0. The molecule has 0 aromatic rings. The zero-order valence-corrected chi connectivity index (χ0v) is 18.0. The summed E-state index contributed by atoms with van der Waals surface area (Å²) in [6, 6.07) is 0. The first-order valence-electron chi connectivity index (χ1n) is 11.4. The SMILES string of the molecule is COC(=O)C1CC2=CC(=O)CC[C@]2(C)[C@@]23OC2C[C@@]2(C)[C@@H](CC[C@@]24CCC(=O)O4)[C@H]13. The number of hydrogen-bond donors (Lipinski definition) is 0. The number of carbonyl (C=O) groups excluding carboxylic acids is 3. The number of fused-ring (bicyclic) bond motifs is 4. The molecule has 2 aliphatic heterocycles. The van der Waals surface area contributed by atoms with Crippen LogP contribution in [0.25, 0.3) is 0 Å². The van der Waals surface area contributed by atoms with Gasteiger partial charge in [0.15, 0.2) is 5.78 Å². The highest BCUT2D eigenvalue weighted by Gasteiger charge is 2.83. The Hall–Kier alpha value is -1.69. The van der Waals surface area contributed by atoms with Crippen LogP contribution < -0.4 is 0 Å². The summed E-state index contributed by atoms with van der Waals surface area (Å²) in [6.45, 7) is 4.51. The molecular formula is C24H30O6. The molecule has 6 rings (SSSR count). The third-order valence-electron chi connectivity index (χ3n) is 10.2. The van der Waals surface area contributed by atoms with Crippen molar-refractivity contribution >= 4 is 17.7 Å². The smallest absolute Gasteiger partial charge is 0.309 e. The van der Waals surface area contributed by atoms with Gasteiger partial charge in [-0.3, -0.25) is 14.4 Å². The van der Waals surface area contributed by atoms with Crippen molar-refractivity contribution in [1.82, 2.24) is 0 Å². The van der Waals surface area contributed by atoms with Crippen molar-refractivity contribution in [3.63, 3.8) is 0 Å². The monoisotopic (exact) mass is 414 g/mol. The largest absolute Gasteiger partial charge is 0.469 e. The lowest BCUT2D eigenvalue weighted by atomic mass is 9.43. The summed E-state index contributed by atoms with van der Waals surface area (Å²) in [5, 5.41) is 0. The fourth-order valence-corrected chi connectivity index (χ4v) is 8.69. The molecule has 2 spiro atoms. The van der Waals surface area contributed by atoms with Crippen LogP contribution in [0.5, 0.6) is 0 Å². The van der Waals surface area contributed by atoms with Crippen molar-refractivity contribution in [2.45, 2.75) is 82.5 Å². The topological polar surface area (TPSA) is 82.2 Å². The number of epoxide rings is 1. The van der Waals surface area contributed by atoms with Crippen molar-refractivity contribution in [3.05, 3.63) is 11.6 Å². The molecule has 0 radical (unpaired) electrons. The van der Waals surface area contributed by atoms with Crippen LogP contribution in [0.1, 0.15) is 65.2 Å². The normalized spacial score (nSPS) is 53.2. The van der Waals surface area contributed by atoms with Crippen molar-refractivity contribution in [2.75, 3.05) is 7.11 Å². The first-order valence-corrected chi connectivity index (χ1v) is 11.4. The van der Waals surface area contributed by atoms with E-state index in [9.17, 15) is 14.4 Å². The third kappa shape index (κ3) is 1.94. The maximum atomic E-state index is 13.0. The van der Waals surface area contributed by atoms with E-state index in [-0.39, 0.29) is 52.4 Å². The van der Waals surface area contributed by atoms with Crippen molar-refractivity contribution in [1.29, 1.82) is 0 Å². The molecule has 2 saturated heterocycles. The van der Waals surface area contributed by atoms with E-state index in [1.165, 1.54) is 7.11 Å². The Morgan fingerprint density at radius 1 is 1.17 bits per heavy atom. The van der Waals surface area contributed by atoms with Gasteiger partial charge in [-0.15, -0.1) is 0 Å². The highest BCUT2D eigenvalue weighted by Crippen LogP contribution is 2.78. The number of methoxy groups -OCH3 is 1. The predicted molar refractivity (Wildman–Crippen MR) is 105 cm³/mol. The minimum Gasteiger partial charge on any atom is -0.469 e. The van der Waals surface area contributed by atoms with Gasteiger partial charge < -0.3 is 14.2 Å². The fourth-order valence-electron chi connectivity index (χ4n) is 8.69. The third-order valence-corrected chi connectivity index (χ3v) is 10.2. The van der Waals surface area contributed by atoms with Gasteiger partial charge in [-0.2, -0.15) is 0 Å². The number of ether oxygens (including phenoxy) is 3. The number of rotatable bonds is 1. The highest BCUT2D eigenvalue weighted by molar-refractivity contribution is 5.92. The molecule has 6 aliphatic rings. The molecule has 6 nitrogen and oxygen atoms in total. The molecule has 8 atom stereocenters. The van der Waals surface area contributed by atoms with E-state index in [0.717, 1.165) is 37.7 Å². The minimum atomic E-state index is -0.424. The van der Waals surface area contributed by atoms with Crippen LogP contribution in [0.15, 0.2) is 11.6 Å². The molecule has 6 heteroatoms. The summed E-state index contributed by atoms with van der Waals surface area (Å²) in [5.74, 6) is -0.201. The molecule has 0 aromatic carbocycles. The van der Waals surface area contributed by atoms with Gasteiger partial charge in [0.1, 0.15) is 11.2 Å². The summed E-state index contributed by atoms with van der Waals surface area (Å²) in [6.07, 6.45) is 7.61. The maximum Gasteiger partial charge on any atom is 0.309 e. The zero-order valence-electron chi connectivity index (χ0n) is 18.0. The molecule has 2 heterocycles. The zero-order chi connectivity index (χ0) is 21.1. The second kappa shape index (κ2) is 5.56. The first kappa shape index (κ1) is 19.0. The van der Waals surface area contributed by atoms with Gasteiger partial charge in [-0.25, -0.2) is 0 Å². The molecule has 3 saturated carbocycles. The van der Waals surface area contributed by atoms with Crippen molar-refractivity contribution < 1.29 is 28.6 Å². The van der Waals surface area contributed by atoms with Gasteiger partial charge in [-0.1, -0.05) is 19.4 Å². The summed E-state index contributed by atoms with van der Waals surface area (Å²) in [4.78, 5) is 37.4. The number of ketones is 1. The Kier molecular flexibility index (Phi) is 3.53. The number of hydrogen-bond acceptors (Lipinski definition) is 6. The Bertz CT molecular complexity index is 907. The fraction of sp³-hybridized carbons (Fsp3) is 0.792. The molecular weight excluding hydrogens is 384 g/mol. The van der Waals surface area contributed by atoms with Crippen LogP contribution in [-0.4, -0.2) is 42.1 Å².